The minimum Gasteiger partial charge on any atom is -0.484 e. The van der Waals surface area contributed by atoms with Gasteiger partial charge >= 0.3 is 0 Å². The van der Waals surface area contributed by atoms with Crippen molar-refractivity contribution in [2.24, 2.45) is 0 Å². The Labute approximate surface area is 134 Å². The van der Waals surface area contributed by atoms with Crippen molar-refractivity contribution in [3.8, 4) is 5.75 Å². The molecule has 0 aliphatic heterocycles. The number of aryl methyl sites for hydroxylation is 1. The van der Waals surface area contributed by atoms with Crippen molar-refractivity contribution in [3.05, 3.63) is 32.8 Å². The van der Waals surface area contributed by atoms with E-state index >= 15 is 0 Å². The van der Waals surface area contributed by atoms with Crippen LogP contribution in [-0.4, -0.2) is 22.7 Å². The van der Waals surface area contributed by atoms with Gasteiger partial charge < -0.3 is 4.74 Å². The first-order valence-electron chi connectivity index (χ1n) is 6.18. The number of nitrogens with zero attached hydrogens (tertiary/aromatic N) is 2. The van der Waals surface area contributed by atoms with Crippen LogP contribution in [0.15, 0.2) is 24.3 Å². The second kappa shape index (κ2) is 7.53. The lowest BCUT2D eigenvalue weighted by molar-refractivity contribution is -0.118. The molecule has 7 heteroatoms. The van der Waals surface area contributed by atoms with Gasteiger partial charge in [-0.05, 0) is 53.3 Å². The topological polar surface area (TPSA) is 64.1 Å². The Morgan fingerprint density at radius 3 is 2.80 bits per heavy atom. The average Bonchev–Trinajstić information content (AvgIpc) is 2.86. The van der Waals surface area contributed by atoms with Gasteiger partial charge in [0.1, 0.15) is 10.8 Å². The van der Waals surface area contributed by atoms with Crippen molar-refractivity contribution in [2.75, 3.05) is 11.9 Å². The van der Waals surface area contributed by atoms with Gasteiger partial charge in [-0.1, -0.05) is 18.3 Å². The Bertz CT molecular complexity index is 571. The van der Waals surface area contributed by atoms with Crippen LogP contribution in [0.4, 0.5) is 5.13 Å². The zero-order valence-electron chi connectivity index (χ0n) is 10.9. The maximum absolute atomic E-state index is 11.7. The second-order valence-electron chi connectivity index (χ2n) is 4.04. The first-order valence-corrected chi connectivity index (χ1v) is 8.07. The number of carbonyl (C=O) groups is 1. The van der Waals surface area contributed by atoms with E-state index in [-0.39, 0.29) is 12.5 Å². The maximum atomic E-state index is 11.7. The molecule has 0 radical (unpaired) electrons. The van der Waals surface area contributed by atoms with E-state index in [4.69, 9.17) is 4.74 Å². The lowest BCUT2D eigenvalue weighted by Gasteiger charge is -2.05. The van der Waals surface area contributed by atoms with Gasteiger partial charge in [0, 0.05) is 9.99 Å². The Balaban J connectivity index is 1.81. The highest BCUT2D eigenvalue weighted by atomic mass is 127. The van der Waals surface area contributed by atoms with Crippen LogP contribution < -0.4 is 10.1 Å². The van der Waals surface area contributed by atoms with Crippen LogP contribution in [0.2, 0.25) is 0 Å². The molecule has 1 aromatic heterocycles. The minimum atomic E-state index is -0.234. The van der Waals surface area contributed by atoms with E-state index in [1.807, 2.05) is 24.3 Å². The number of halogens is 1. The third-order valence-corrected chi connectivity index (χ3v) is 3.98. The zero-order chi connectivity index (χ0) is 14.4. The van der Waals surface area contributed by atoms with Crippen molar-refractivity contribution in [3.63, 3.8) is 0 Å². The predicted octanol–water partition coefficient (Wildman–Crippen LogP) is 3.11. The minimum absolute atomic E-state index is 0.0384. The molecule has 0 aliphatic rings. The summed E-state index contributed by atoms with van der Waals surface area (Å²) in [5, 5.41) is 12.1. The zero-order valence-corrected chi connectivity index (χ0v) is 13.9. The molecule has 2 rings (SSSR count). The molecule has 0 saturated heterocycles. The van der Waals surface area contributed by atoms with Gasteiger partial charge in [0.05, 0.1) is 0 Å². The number of anilines is 1. The van der Waals surface area contributed by atoms with Crippen LogP contribution in [0.5, 0.6) is 5.75 Å². The van der Waals surface area contributed by atoms with Gasteiger partial charge in [0.15, 0.2) is 6.61 Å². The molecule has 0 fully saturated rings. The lowest BCUT2D eigenvalue weighted by atomic mass is 10.3. The summed E-state index contributed by atoms with van der Waals surface area (Å²) in [6, 6.07) is 7.52. The van der Waals surface area contributed by atoms with Crippen molar-refractivity contribution < 1.29 is 9.53 Å². The largest absolute Gasteiger partial charge is 0.484 e. The molecule has 1 aromatic carbocycles. The number of aromatic nitrogens is 2. The molecule has 106 valence electrons. The quantitative estimate of drug-likeness (QED) is 0.753. The first kappa shape index (κ1) is 15.2. The van der Waals surface area contributed by atoms with E-state index in [1.54, 1.807) is 0 Å². The van der Waals surface area contributed by atoms with E-state index in [1.165, 1.54) is 11.3 Å². The third kappa shape index (κ3) is 4.71. The average molecular weight is 403 g/mol. The summed E-state index contributed by atoms with van der Waals surface area (Å²) in [6.45, 7) is 2.04. The normalized spacial score (nSPS) is 10.3. The maximum Gasteiger partial charge on any atom is 0.264 e. The SMILES string of the molecule is CCCc1nnc(NC(=O)COc2ccc(I)cc2)s1. The highest BCUT2D eigenvalue weighted by Crippen LogP contribution is 2.17. The van der Waals surface area contributed by atoms with Gasteiger partial charge in [0.25, 0.3) is 5.91 Å². The highest BCUT2D eigenvalue weighted by Gasteiger charge is 2.08. The summed E-state index contributed by atoms with van der Waals surface area (Å²) in [5.41, 5.74) is 0. The highest BCUT2D eigenvalue weighted by molar-refractivity contribution is 14.1. The van der Waals surface area contributed by atoms with E-state index < -0.39 is 0 Å². The van der Waals surface area contributed by atoms with E-state index in [0.717, 1.165) is 21.4 Å². The Morgan fingerprint density at radius 2 is 2.10 bits per heavy atom. The molecule has 2 aromatic rings. The number of benzene rings is 1. The van der Waals surface area contributed by atoms with Crippen molar-refractivity contribution in [1.29, 1.82) is 0 Å². The molecule has 0 saturated carbocycles. The van der Waals surface area contributed by atoms with Gasteiger partial charge in [0.2, 0.25) is 5.13 Å². The number of amides is 1. The smallest absolute Gasteiger partial charge is 0.264 e. The van der Waals surface area contributed by atoms with Crippen LogP contribution in [0.3, 0.4) is 0 Å². The van der Waals surface area contributed by atoms with Crippen molar-refractivity contribution in [1.82, 2.24) is 10.2 Å². The fourth-order valence-electron chi connectivity index (χ4n) is 1.45. The van der Waals surface area contributed by atoms with Gasteiger partial charge in [-0.3, -0.25) is 10.1 Å². The van der Waals surface area contributed by atoms with Gasteiger partial charge in [-0.25, -0.2) is 0 Å². The molecule has 20 heavy (non-hydrogen) atoms. The summed E-state index contributed by atoms with van der Waals surface area (Å²) in [6.07, 6.45) is 1.89. The van der Waals surface area contributed by atoms with Crippen molar-refractivity contribution >= 4 is 45.0 Å². The fraction of sp³-hybridized carbons (Fsp3) is 0.308. The molecular weight excluding hydrogens is 389 g/mol. The number of hydrogen-bond acceptors (Lipinski definition) is 5. The van der Waals surface area contributed by atoms with Crippen LogP contribution in [0, 0.1) is 3.57 Å². The number of rotatable bonds is 6. The molecule has 0 spiro atoms. The van der Waals surface area contributed by atoms with E-state index in [0.29, 0.717) is 10.9 Å². The molecular formula is C13H14IN3O2S. The van der Waals surface area contributed by atoms with E-state index in [9.17, 15) is 4.79 Å². The van der Waals surface area contributed by atoms with Crippen LogP contribution in [0.1, 0.15) is 18.4 Å². The fourth-order valence-corrected chi connectivity index (χ4v) is 2.67. The Morgan fingerprint density at radius 1 is 1.35 bits per heavy atom. The third-order valence-electron chi connectivity index (χ3n) is 2.36. The Kier molecular flexibility index (Phi) is 5.72. The summed E-state index contributed by atoms with van der Waals surface area (Å²) in [5.74, 6) is 0.437. The molecule has 0 bridgehead atoms. The molecule has 1 N–H and O–H groups in total. The van der Waals surface area contributed by atoms with E-state index in [2.05, 4.69) is 45.0 Å². The number of carbonyl (C=O) groups excluding carboxylic acids is 1. The first-order chi connectivity index (χ1) is 9.67. The second-order valence-corrected chi connectivity index (χ2v) is 6.35. The molecule has 0 unspecified atom stereocenters. The van der Waals surface area contributed by atoms with Crippen LogP contribution >= 0.6 is 33.9 Å². The standard InChI is InChI=1S/C13H14IN3O2S/c1-2-3-12-16-17-13(20-12)15-11(18)8-19-10-6-4-9(14)5-7-10/h4-7H,2-3,8H2,1H3,(H,15,17,18). The Hall–Kier alpha value is -1.22. The summed E-state index contributed by atoms with van der Waals surface area (Å²) >= 11 is 3.61. The lowest BCUT2D eigenvalue weighted by Crippen LogP contribution is -2.20. The summed E-state index contributed by atoms with van der Waals surface area (Å²) < 4.78 is 6.51. The van der Waals surface area contributed by atoms with Gasteiger partial charge in [-0.2, -0.15) is 0 Å². The molecule has 0 aliphatic carbocycles. The van der Waals surface area contributed by atoms with Gasteiger partial charge in [-0.15, -0.1) is 10.2 Å². The number of nitrogens with one attached hydrogen (secondary N) is 1. The summed E-state index contributed by atoms with van der Waals surface area (Å²) in [7, 11) is 0. The molecule has 0 atom stereocenters. The number of hydrogen-bond donors (Lipinski definition) is 1. The number of ether oxygens (including phenoxy) is 1. The monoisotopic (exact) mass is 403 g/mol. The molecule has 1 heterocycles. The predicted molar refractivity (Wildman–Crippen MR) is 87.2 cm³/mol. The van der Waals surface area contributed by atoms with Crippen LogP contribution in [-0.2, 0) is 11.2 Å². The van der Waals surface area contributed by atoms with Crippen LogP contribution in [0.25, 0.3) is 0 Å². The summed E-state index contributed by atoms with van der Waals surface area (Å²) in [4.78, 5) is 11.7. The van der Waals surface area contributed by atoms with Crippen molar-refractivity contribution in [2.45, 2.75) is 19.8 Å². The molecule has 1 amide bonds. The molecule has 5 nitrogen and oxygen atoms in total.